The summed E-state index contributed by atoms with van der Waals surface area (Å²) in [4.78, 5) is 15.0. The first-order valence-electron chi connectivity index (χ1n) is 9.92. The Morgan fingerprint density at radius 2 is 1.76 bits per heavy atom. The molecule has 0 aromatic heterocycles. The zero-order chi connectivity index (χ0) is 20.4. The smallest absolute Gasteiger partial charge is 0.267 e. The van der Waals surface area contributed by atoms with Crippen LogP contribution in [0, 0.1) is 0 Å². The summed E-state index contributed by atoms with van der Waals surface area (Å²) in [5, 5.41) is 0. The fraction of sp³-hybridized carbons (Fsp3) is 0.409. The number of fused-ring (bicyclic) bond motifs is 1. The molecule has 0 bridgehead atoms. The molecular formula is C22H25NO5S. The second-order valence-electron chi connectivity index (χ2n) is 7.56. The van der Waals surface area contributed by atoms with Crippen molar-refractivity contribution in [3.63, 3.8) is 0 Å². The van der Waals surface area contributed by atoms with E-state index in [1.807, 2.05) is 36.4 Å². The van der Waals surface area contributed by atoms with E-state index >= 15 is 0 Å². The Kier molecular flexibility index (Phi) is 5.50. The maximum atomic E-state index is 13.4. The van der Waals surface area contributed by atoms with Crippen LogP contribution in [0.25, 0.3) is 0 Å². The predicted molar refractivity (Wildman–Crippen MR) is 110 cm³/mol. The number of ether oxygens (including phenoxy) is 2. The van der Waals surface area contributed by atoms with Crippen molar-refractivity contribution in [1.29, 1.82) is 0 Å². The number of amides is 1. The van der Waals surface area contributed by atoms with Crippen LogP contribution in [0.5, 0.6) is 11.5 Å². The van der Waals surface area contributed by atoms with Gasteiger partial charge in [-0.15, -0.1) is 0 Å². The summed E-state index contributed by atoms with van der Waals surface area (Å²) in [6.07, 6.45) is 0.602. The molecule has 0 radical (unpaired) electrons. The molecule has 0 spiro atoms. The molecule has 2 heterocycles. The van der Waals surface area contributed by atoms with E-state index < -0.39 is 15.9 Å². The van der Waals surface area contributed by atoms with Gasteiger partial charge in [0.25, 0.3) is 5.91 Å². The minimum atomic E-state index is -3.12. The van der Waals surface area contributed by atoms with Gasteiger partial charge >= 0.3 is 0 Å². The summed E-state index contributed by atoms with van der Waals surface area (Å²) in [7, 11) is -3.12. The van der Waals surface area contributed by atoms with Crippen LogP contribution in [0.1, 0.15) is 24.5 Å². The van der Waals surface area contributed by atoms with E-state index in [1.165, 1.54) is 5.56 Å². The van der Waals surface area contributed by atoms with E-state index in [1.54, 1.807) is 17.0 Å². The quantitative estimate of drug-likeness (QED) is 0.751. The average molecular weight is 416 g/mol. The van der Waals surface area contributed by atoms with Crippen molar-refractivity contribution in [2.45, 2.75) is 38.5 Å². The second-order valence-corrected chi connectivity index (χ2v) is 9.79. The number of aryl methyl sites for hydroxylation is 1. The van der Waals surface area contributed by atoms with Crippen LogP contribution in [0.15, 0.2) is 48.5 Å². The number of benzene rings is 2. The molecule has 7 heteroatoms. The highest BCUT2D eigenvalue weighted by atomic mass is 32.2. The third-order valence-corrected chi connectivity index (χ3v) is 7.25. The lowest BCUT2D eigenvalue weighted by atomic mass is 10.1. The molecule has 2 atom stereocenters. The molecule has 1 amide bonds. The van der Waals surface area contributed by atoms with Crippen molar-refractivity contribution in [3.05, 3.63) is 59.7 Å². The molecule has 0 aliphatic carbocycles. The fourth-order valence-corrected chi connectivity index (χ4v) is 5.54. The Labute approximate surface area is 171 Å². The van der Waals surface area contributed by atoms with Gasteiger partial charge in [-0.05, 0) is 36.1 Å². The molecule has 0 unspecified atom stereocenters. The summed E-state index contributed by atoms with van der Waals surface area (Å²) >= 11 is 0. The van der Waals surface area contributed by atoms with Gasteiger partial charge in [0.1, 0.15) is 6.61 Å². The zero-order valence-electron chi connectivity index (χ0n) is 16.4. The first-order valence-corrected chi connectivity index (χ1v) is 11.7. The summed E-state index contributed by atoms with van der Waals surface area (Å²) in [6.45, 7) is 2.55. The highest BCUT2D eigenvalue weighted by Gasteiger charge is 2.39. The standard InChI is InChI=1S/C22H25NO5S/c1-2-16-7-9-17(10-8-16)13-23(18-11-12-29(25,26)15-18)22(24)21-14-27-19-5-3-4-6-20(19)28-21/h3-10,18,21H,2,11-15H2,1H3/t18-,21-/m0/s1. The van der Waals surface area contributed by atoms with E-state index in [-0.39, 0.29) is 30.1 Å². The minimum absolute atomic E-state index is 0.00402. The van der Waals surface area contributed by atoms with Crippen molar-refractivity contribution < 1.29 is 22.7 Å². The molecule has 2 aromatic rings. The minimum Gasteiger partial charge on any atom is -0.485 e. The number of hydrogen-bond donors (Lipinski definition) is 0. The lowest BCUT2D eigenvalue weighted by molar-refractivity contribution is -0.143. The molecule has 1 saturated heterocycles. The van der Waals surface area contributed by atoms with E-state index in [4.69, 9.17) is 9.47 Å². The van der Waals surface area contributed by atoms with Crippen LogP contribution >= 0.6 is 0 Å². The molecule has 6 nitrogen and oxygen atoms in total. The van der Waals surface area contributed by atoms with Gasteiger partial charge < -0.3 is 14.4 Å². The normalized spacial score (nSPS) is 22.2. The Balaban J connectivity index is 1.56. The first kappa shape index (κ1) is 19.8. The van der Waals surface area contributed by atoms with Gasteiger partial charge in [0.05, 0.1) is 11.5 Å². The van der Waals surface area contributed by atoms with Crippen LogP contribution in [0.3, 0.4) is 0 Å². The van der Waals surface area contributed by atoms with Gasteiger partial charge in [0.2, 0.25) is 6.10 Å². The number of para-hydroxylation sites is 2. The van der Waals surface area contributed by atoms with Crippen LogP contribution in [0.4, 0.5) is 0 Å². The molecule has 29 heavy (non-hydrogen) atoms. The summed E-state index contributed by atoms with van der Waals surface area (Å²) in [5.41, 5.74) is 2.19. The lowest BCUT2D eigenvalue weighted by Gasteiger charge is -2.34. The van der Waals surface area contributed by atoms with Crippen LogP contribution in [-0.2, 0) is 27.6 Å². The monoisotopic (exact) mass is 415 g/mol. The number of sulfone groups is 1. The number of hydrogen-bond acceptors (Lipinski definition) is 5. The number of carbonyl (C=O) groups excluding carboxylic acids is 1. The zero-order valence-corrected chi connectivity index (χ0v) is 17.2. The molecule has 154 valence electrons. The molecule has 1 fully saturated rings. The third kappa shape index (κ3) is 4.40. The van der Waals surface area contributed by atoms with E-state index in [0.29, 0.717) is 24.5 Å². The van der Waals surface area contributed by atoms with Crippen molar-refractivity contribution in [3.8, 4) is 11.5 Å². The van der Waals surface area contributed by atoms with E-state index in [0.717, 1.165) is 12.0 Å². The number of nitrogens with zero attached hydrogens (tertiary/aromatic N) is 1. The SMILES string of the molecule is CCc1ccc(CN(C(=O)[C@@H]2COc3ccccc3O2)[C@H]2CCS(=O)(=O)C2)cc1. The lowest BCUT2D eigenvalue weighted by Crippen LogP contribution is -2.50. The van der Waals surface area contributed by atoms with Gasteiger partial charge in [-0.3, -0.25) is 4.79 Å². The summed E-state index contributed by atoms with van der Waals surface area (Å²) in [5.74, 6) is 1.02. The van der Waals surface area contributed by atoms with Gasteiger partial charge in [-0.2, -0.15) is 0 Å². The Hall–Kier alpha value is -2.54. The van der Waals surface area contributed by atoms with E-state index in [9.17, 15) is 13.2 Å². The van der Waals surface area contributed by atoms with Crippen molar-refractivity contribution in [1.82, 2.24) is 4.90 Å². The van der Waals surface area contributed by atoms with Gasteiger partial charge in [0.15, 0.2) is 21.3 Å². The molecule has 0 N–H and O–H groups in total. The maximum absolute atomic E-state index is 13.4. The molecule has 2 aromatic carbocycles. The molecule has 4 rings (SSSR count). The van der Waals surface area contributed by atoms with Crippen LogP contribution in [-0.4, -0.2) is 49.5 Å². The number of carbonyl (C=O) groups is 1. The molecule has 0 saturated carbocycles. The predicted octanol–water partition coefficient (Wildman–Crippen LogP) is 2.60. The summed E-state index contributed by atoms with van der Waals surface area (Å²) < 4.78 is 35.7. The highest BCUT2D eigenvalue weighted by Crippen LogP contribution is 2.32. The van der Waals surface area contributed by atoms with E-state index in [2.05, 4.69) is 6.92 Å². The second kappa shape index (κ2) is 8.06. The molecular weight excluding hydrogens is 390 g/mol. The molecule has 2 aliphatic rings. The highest BCUT2D eigenvalue weighted by molar-refractivity contribution is 7.91. The molecule has 2 aliphatic heterocycles. The first-order chi connectivity index (χ1) is 13.9. The Morgan fingerprint density at radius 3 is 2.41 bits per heavy atom. The Bertz CT molecular complexity index is 987. The third-order valence-electron chi connectivity index (χ3n) is 5.50. The van der Waals surface area contributed by atoms with Crippen LogP contribution in [0.2, 0.25) is 0 Å². The average Bonchev–Trinajstić information content (AvgIpc) is 3.11. The van der Waals surface area contributed by atoms with Crippen molar-refractivity contribution in [2.75, 3.05) is 18.1 Å². The maximum Gasteiger partial charge on any atom is 0.267 e. The van der Waals surface area contributed by atoms with Gasteiger partial charge in [-0.1, -0.05) is 43.3 Å². The van der Waals surface area contributed by atoms with Crippen molar-refractivity contribution in [2.24, 2.45) is 0 Å². The largest absolute Gasteiger partial charge is 0.485 e. The number of rotatable bonds is 5. The van der Waals surface area contributed by atoms with Gasteiger partial charge in [-0.25, -0.2) is 8.42 Å². The Morgan fingerprint density at radius 1 is 1.07 bits per heavy atom. The van der Waals surface area contributed by atoms with Gasteiger partial charge in [0, 0.05) is 12.6 Å². The summed E-state index contributed by atoms with van der Waals surface area (Å²) in [6, 6.07) is 15.0. The van der Waals surface area contributed by atoms with Crippen molar-refractivity contribution >= 4 is 15.7 Å². The topological polar surface area (TPSA) is 72.9 Å². The van der Waals surface area contributed by atoms with Crippen LogP contribution < -0.4 is 9.47 Å². The fourth-order valence-electron chi connectivity index (χ4n) is 3.81.